The molecule has 1 aromatic carbocycles. The standard InChI is InChI=1S/C15H25NOS/c1-4-16-13(3)14-9-6-7-10-15(14)17-11-8-12-18-5-2/h6-7,9-10,13,16H,4-5,8,11-12H2,1-3H3. The summed E-state index contributed by atoms with van der Waals surface area (Å²) in [5.41, 5.74) is 1.25. The third-order valence-corrected chi connectivity index (χ3v) is 3.78. The quantitative estimate of drug-likeness (QED) is 0.686. The lowest BCUT2D eigenvalue weighted by atomic mass is 10.1. The maximum atomic E-state index is 5.90. The number of thioether (sulfide) groups is 1. The molecule has 0 radical (unpaired) electrons. The number of para-hydroxylation sites is 1. The molecular formula is C15H25NOS. The molecule has 1 rings (SSSR count). The molecule has 2 nitrogen and oxygen atoms in total. The van der Waals surface area contributed by atoms with Gasteiger partial charge in [-0.05, 0) is 37.5 Å². The van der Waals surface area contributed by atoms with Crippen LogP contribution in [0.4, 0.5) is 0 Å². The second kappa shape index (κ2) is 9.29. The third kappa shape index (κ3) is 5.32. The van der Waals surface area contributed by atoms with E-state index in [4.69, 9.17) is 4.74 Å². The minimum Gasteiger partial charge on any atom is -0.493 e. The van der Waals surface area contributed by atoms with Gasteiger partial charge in [0.2, 0.25) is 0 Å². The van der Waals surface area contributed by atoms with Crippen molar-refractivity contribution in [2.45, 2.75) is 33.2 Å². The van der Waals surface area contributed by atoms with Gasteiger partial charge in [-0.25, -0.2) is 0 Å². The molecular weight excluding hydrogens is 242 g/mol. The Kier molecular flexibility index (Phi) is 7.94. The van der Waals surface area contributed by atoms with E-state index in [0.717, 1.165) is 25.3 Å². The van der Waals surface area contributed by atoms with Crippen LogP contribution >= 0.6 is 11.8 Å². The number of hydrogen-bond acceptors (Lipinski definition) is 3. The van der Waals surface area contributed by atoms with Crippen molar-refractivity contribution in [3.05, 3.63) is 29.8 Å². The summed E-state index contributed by atoms with van der Waals surface area (Å²) in [4.78, 5) is 0. The first kappa shape index (κ1) is 15.4. The summed E-state index contributed by atoms with van der Waals surface area (Å²) in [6.45, 7) is 8.28. The summed E-state index contributed by atoms with van der Waals surface area (Å²) in [5.74, 6) is 3.39. The molecule has 1 unspecified atom stereocenters. The Balaban J connectivity index is 2.48. The molecule has 1 aromatic rings. The predicted molar refractivity (Wildman–Crippen MR) is 81.6 cm³/mol. The molecule has 0 bridgehead atoms. The van der Waals surface area contributed by atoms with E-state index in [2.05, 4.69) is 44.3 Å². The van der Waals surface area contributed by atoms with Crippen molar-refractivity contribution in [1.82, 2.24) is 5.32 Å². The lowest BCUT2D eigenvalue weighted by Crippen LogP contribution is -2.18. The van der Waals surface area contributed by atoms with E-state index >= 15 is 0 Å². The Bertz CT molecular complexity index is 330. The first-order chi connectivity index (χ1) is 8.79. The molecule has 1 atom stereocenters. The Morgan fingerprint density at radius 3 is 2.78 bits per heavy atom. The van der Waals surface area contributed by atoms with E-state index in [0.29, 0.717) is 6.04 Å². The fourth-order valence-electron chi connectivity index (χ4n) is 1.87. The zero-order valence-corrected chi connectivity index (χ0v) is 12.6. The van der Waals surface area contributed by atoms with Gasteiger partial charge in [-0.1, -0.05) is 32.0 Å². The smallest absolute Gasteiger partial charge is 0.124 e. The lowest BCUT2D eigenvalue weighted by Gasteiger charge is -2.17. The molecule has 0 saturated heterocycles. The molecule has 0 aliphatic rings. The van der Waals surface area contributed by atoms with Crippen LogP contribution in [0.2, 0.25) is 0 Å². The van der Waals surface area contributed by atoms with Gasteiger partial charge < -0.3 is 10.1 Å². The van der Waals surface area contributed by atoms with Crippen molar-refractivity contribution in [3.8, 4) is 5.75 Å². The number of hydrogen-bond donors (Lipinski definition) is 1. The average Bonchev–Trinajstić information content (AvgIpc) is 2.39. The van der Waals surface area contributed by atoms with E-state index in [1.807, 2.05) is 17.8 Å². The van der Waals surface area contributed by atoms with Crippen molar-refractivity contribution >= 4 is 11.8 Å². The summed E-state index contributed by atoms with van der Waals surface area (Å²) >= 11 is 1.97. The van der Waals surface area contributed by atoms with Gasteiger partial charge in [-0.15, -0.1) is 0 Å². The van der Waals surface area contributed by atoms with Gasteiger partial charge in [0, 0.05) is 11.6 Å². The number of ether oxygens (including phenoxy) is 1. The van der Waals surface area contributed by atoms with Crippen LogP contribution in [0.25, 0.3) is 0 Å². The Morgan fingerprint density at radius 2 is 2.06 bits per heavy atom. The van der Waals surface area contributed by atoms with Gasteiger partial charge in [0.15, 0.2) is 0 Å². The highest BCUT2D eigenvalue weighted by atomic mass is 32.2. The SMILES string of the molecule is CCNC(C)c1ccccc1OCCCSCC. The number of rotatable bonds is 9. The molecule has 0 heterocycles. The van der Waals surface area contributed by atoms with Gasteiger partial charge in [0.1, 0.15) is 5.75 Å². The predicted octanol–water partition coefficient (Wildman–Crippen LogP) is 3.88. The van der Waals surface area contributed by atoms with Crippen molar-refractivity contribution in [2.24, 2.45) is 0 Å². The van der Waals surface area contributed by atoms with E-state index in [9.17, 15) is 0 Å². The van der Waals surface area contributed by atoms with Crippen LogP contribution in [0.1, 0.15) is 38.8 Å². The summed E-state index contributed by atoms with van der Waals surface area (Å²) in [6, 6.07) is 8.66. The summed E-state index contributed by atoms with van der Waals surface area (Å²) in [7, 11) is 0. The topological polar surface area (TPSA) is 21.3 Å². The van der Waals surface area contributed by atoms with E-state index in [1.165, 1.54) is 17.1 Å². The van der Waals surface area contributed by atoms with Crippen molar-refractivity contribution in [3.63, 3.8) is 0 Å². The van der Waals surface area contributed by atoms with Crippen LogP contribution in [-0.4, -0.2) is 24.7 Å². The second-order valence-corrected chi connectivity index (χ2v) is 5.61. The van der Waals surface area contributed by atoms with Crippen LogP contribution in [0.3, 0.4) is 0 Å². The molecule has 0 aliphatic carbocycles. The van der Waals surface area contributed by atoms with Gasteiger partial charge >= 0.3 is 0 Å². The number of benzene rings is 1. The van der Waals surface area contributed by atoms with Crippen LogP contribution in [0, 0.1) is 0 Å². The molecule has 0 saturated carbocycles. The summed E-state index contributed by atoms with van der Waals surface area (Å²) in [5, 5.41) is 3.43. The summed E-state index contributed by atoms with van der Waals surface area (Å²) < 4.78 is 5.90. The molecule has 18 heavy (non-hydrogen) atoms. The highest BCUT2D eigenvalue weighted by Gasteiger charge is 2.09. The lowest BCUT2D eigenvalue weighted by molar-refractivity contribution is 0.312. The molecule has 0 aliphatic heterocycles. The minimum atomic E-state index is 0.344. The van der Waals surface area contributed by atoms with Gasteiger partial charge in [-0.2, -0.15) is 11.8 Å². The Morgan fingerprint density at radius 1 is 1.28 bits per heavy atom. The van der Waals surface area contributed by atoms with Gasteiger partial charge in [0.05, 0.1) is 6.61 Å². The molecule has 3 heteroatoms. The van der Waals surface area contributed by atoms with Crippen LogP contribution in [-0.2, 0) is 0 Å². The van der Waals surface area contributed by atoms with Crippen LogP contribution in [0.5, 0.6) is 5.75 Å². The third-order valence-electron chi connectivity index (χ3n) is 2.79. The zero-order valence-electron chi connectivity index (χ0n) is 11.7. The maximum Gasteiger partial charge on any atom is 0.124 e. The Hall–Kier alpha value is -0.670. The first-order valence-corrected chi connectivity index (χ1v) is 7.97. The summed E-state index contributed by atoms with van der Waals surface area (Å²) in [6.07, 6.45) is 1.11. The Labute approximate surface area is 116 Å². The molecule has 0 amide bonds. The monoisotopic (exact) mass is 267 g/mol. The van der Waals surface area contributed by atoms with Gasteiger partial charge in [-0.3, -0.25) is 0 Å². The molecule has 102 valence electrons. The van der Waals surface area contributed by atoms with E-state index < -0.39 is 0 Å². The minimum absolute atomic E-state index is 0.344. The van der Waals surface area contributed by atoms with Gasteiger partial charge in [0.25, 0.3) is 0 Å². The molecule has 0 aromatic heterocycles. The van der Waals surface area contributed by atoms with E-state index in [-0.39, 0.29) is 0 Å². The van der Waals surface area contributed by atoms with Crippen LogP contribution < -0.4 is 10.1 Å². The zero-order chi connectivity index (χ0) is 13.2. The van der Waals surface area contributed by atoms with Crippen molar-refractivity contribution in [1.29, 1.82) is 0 Å². The van der Waals surface area contributed by atoms with E-state index in [1.54, 1.807) is 0 Å². The maximum absolute atomic E-state index is 5.90. The average molecular weight is 267 g/mol. The number of nitrogens with one attached hydrogen (secondary N) is 1. The van der Waals surface area contributed by atoms with Crippen molar-refractivity contribution < 1.29 is 4.74 Å². The molecule has 0 spiro atoms. The fraction of sp³-hybridized carbons (Fsp3) is 0.600. The van der Waals surface area contributed by atoms with Crippen LogP contribution in [0.15, 0.2) is 24.3 Å². The molecule has 1 N–H and O–H groups in total. The van der Waals surface area contributed by atoms with Crippen molar-refractivity contribution in [2.75, 3.05) is 24.7 Å². The highest BCUT2D eigenvalue weighted by molar-refractivity contribution is 7.99. The largest absolute Gasteiger partial charge is 0.493 e. The molecule has 0 fully saturated rings. The second-order valence-electron chi connectivity index (χ2n) is 4.22. The fourth-order valence-corrected chi connectivity index (χ4v) is 2.48. The normalized spacial score (nSPS) is 12.4. The first-order valence-electron chi connectivity index (χ1n) is 6.82. The highest BCUT2D eigenvalue weighted by Crippen LogP contribution is 2.24.